The average molecular weight is 251 g/mol. The SMILES string of the molecule is NCCCNc1ccc(C(=O)NCC(=O)O)cc1. The fourth-order valence-corrected chi connectivity index (χ4v) is 1.33. The van der Waals surface area contributed by atoms with Crippen LogP contribution in [0.15, 0.2) is 24.3 Å². The fourth-order valence-electron chi connectivity index (χ4n) is 1.33. The second kappa shape index (κ2) is 7.29. The number of amides is 1. The van der Waals surface area contributed by atoms with E-state index < -0.39 is 11.9 Å². The first kappa shape index (κ1) is 14.0. The molecule has 0 fully saturated rings. The highest BCUT2D eigenvalue weighted by atomic mass is 16.4. The molecule has 1 aromatic carbocycles. The normalized spacial score (nSPS) is 9.83. The van der Waals surface area contributed by atoms with Crippen molar-refractivity contribution in [1.82, 2.24) is 5.32 Å². The number of carbonyl (C=O) groups excluding carboxylic acids is 1. The van der Waals surface area contributed by atoms with Gasteiger partial charge in [0.25, 0.3) is 5.91 Å². The Kier molecular flexibility index (Phi) is 5.66. The van der Waals surface area contributed by atoms with Crippen LogP contribution in [0, 0.1) is 0 Å². The lowest BCUT2D eigenvalue weighted by molar-refractivity contribution is -0.135. The number of carboxylic acids is 1. The smallest absolute Gasteiger partial charge is 0.322 e. The van der Waals surface area contributed by atoms with Crippen LogP contribution in [0.4, 0.5) is 5.69 Å². The zero-order valence-electron chi connectivity index (χ0n) is 9.98. The molecule has 0 heterocycles. The van der Waals surface area contributed by atoms with Crippen molar-refractivity contribution in [1.29, 1.82) is 0 Å². The number of carboxylic acid groups (broad SMARTS) is 1. The van der Waals surface area contributed by atoms with Gasteiger partial charge in [-0.25, -0.2) is 0 Å². The Morgan fingerprint density at radius 2 is 1.89 bits per heavy atom. The lowest BCUT2D eigenvalue weighted by Gasteiger charge is -2.06. The van der Waals surface area contributed by atoms with E-state index in [4.69, 9.17) is 10.8 Å². The molecule has 0 bridgehead atoms. The highest BCUT2D eigenvalue weighted by Gasteiger charge is 2.06. The fraction of sp³-hybridized carbons (Fsp3) is 0.333. The van der Waals surface area contributed by atoms with E-state index in [2.05, 4.69) is 10.6 Å². The van der Waals surface area contributed by atoms with Crippen molar-refractivity contribution in [3.05, 3.63) is 29.8 Å². The van der Waals surface area contributed by atoms with Crippen molar-refractivity contribution in [2.24, 2.45) is 5.73 Å². The number of nitrogens with two attached hydrogens (primary N) is 1. The Balaban J connectivity index is 2.48. The Labute approximate surface area is 105 Å². The Hall–Kier alpha value is -2.08. The van der Waals surface area contributed by atoms with E-state index in [0.29, 0.717) is 12.1 Å². The first-order valence-electron chi connectivity index (χ1n) is 5.67. The molecule has 0 aliphatic heterocycles. The van der Waals surface area contributed by atoms with Crippen molar-refractivity contribution < 1.29 is 14.7 Å². The second-order valence-corrected chi connectivity index (χ2v) is 3.72. The van der Waals surface area contributed by atoms with Gasteiger partial charge in [-0.2, -0.15) is 0 Å². The van der Waals surface area contributed by atoms with Gasteiger partial charge in [0.2, 0.25) is 0 Å². The molecule has 98 valence electrons. The molecular formula is C12H17N3O3. The van der Waals surface area contributed by atoms with Gasteiger partial charge in [-0.15, -0.1) is 0 Å². The molecule has 0 atom stereocenters. The molecule has 18 heavy (non-hydrogen) atoms. The molecule has 0 spiro atoms. The minimum atomic E-state index is -1.07. The van der Waals surface area contributed by atoms with Crippen molar-refractivity contribution in [3.63, 3.8) is 0 Å². The number of hydrogen-bond donors (Lipinski definition) is 4. The number of rotatable bonds is 7. The van der Waals surface area contributed by atoms with Crippen LogP contribution in [-0.2, 0) is 4.79 Å². The van der Waals surface area contributed by atoms with Crippen molar-refractivity contribution in [3.8, 4) is 0 Å². The van der Waals surface area contributed by atoms with Gasteiger partial charge >= 0.3 is 5.97 Å². The summed E-state index contributed by atoms with van der Waals surface area (Å²) in [5, 5.41) is 13.9. The molecule has 0 aliphatic rings. The van der Waals surface area contributed by atoms with Gasteiger partial charge < -0.3 is 21.5 Å². The van der Waals surface area contributed by atoms with E-state index in [1.165, 1.54) is 0 Å². The number of benzene rings is 1. The van der Waals surface area contributed by atoms with Crippen LogP contribution in [0.2, 0.25) is 0 Å². The lowest BCUT2D eigenvalue weighted by Crippen LogP contribution is -2.29. The molecule has 1 rings (SSSR count). The zero-order chi connectivity index (χ0) is 13.4. The first-order chi connectivity index (χ1) is 8.63. The van der Waals surface area contributed by atoms with Crippen LogP contribution < -0.4 is 16.4 Å². The summed E-state index contributed by atoms with van der Waals surface area (Å²) >= 11 is 0. The summed E-state index contributed by atoms with van der Waals surface area (Å²) in [6, 6.07) is 6.82. The highest BCUT2D eigenvalue weighted by molar-refractivity contribution is 5.96. The number of nitrogens with one attached hydrogen (secondary N) is 2. The van der Waals surface area contributed by atoms with E-state index in [0.717, 1.165) is 18.7 Å². The zero-order valence-corrected chi connectivity index (χ0v) is 9.98. The number of carbonyl (C=O) groups is 2. The van der Waals surface area contributed by atoms with Crippen LogP contribution >= 0.6 is 0 Å². The Morgan fingerprint density at radius 3 is 2.44 bits per heavy atom. The van der Waals surface area contributed by atoms with Gasteiger partial charge in [-0.05, 0) is 37.2 Å². The van der Waals surface area contributed by atoms with Crippen LogP contribution in [0.1, 0.15) is 16.8 Å². The van der Waals surface area contributed by atoms with E-state index in [9.17, 15) is 9.59 Å². The molecule has 1 amide bonds. The quantitative estimate of drug-likeness (QED) is 0.520. The highest BCUT2D eigenvalue weighted by Crippen LogP contribution is 2.09. The predicted octanol–water partition coefficient (Wildman–Crippen LogP) is 0.262. The van der Waals surface area contributed by atoms with Crippen LogP contribution in [0.25, 0.3) is 0 Å². The summed E-state index contributed by atoms with van der Waals surface area (Å²) in [5.41, 5.74) is 6.71. The molecular weight excluding hydrogens is 234 g/mol. The summed E-state index contributed by atoms with van der Waals surface area (Å²) in [7, 11) is 0. The second-order valence-electron chi connectivity index (χ2n) is 3.72. The summed E-state index contributed by atoms with van der Waals surface area (Å²) < 4.78 is 0. The minimum Gasteiger partial charge on any atom is -0.480 e. The minimum absolute atomic E-state index is 0.380. The Bertz CT molecular complexity index is 404. The standard InChI is InChI=1S/C12H17N3O3/c13-6-1-7-14-10-4-2-9(3-5-10)12(18)15-8-11(16)17/h2-5,14H,1,6-8,13H2,(H,15,18)(H,16,17). The molecule has 0 aliphatic carbocycles. The molecule has 0 aromatic heterocycles. The third-order valence-corrected chi connectivity index (χ3v) is 2.26. The lowest BCUT2D eigenvalue weighted by atomic mass is 10.2. The maximum Gasteiger partial charge on any atom is 0.322 e. The van der Waals surface area contributed by atoms with Crippen LogP contribution in [0.5, 0.6) is 0 Å². The van der Waals surface area contributed by atoms with Gasteiger partial charge in [0.15, 0.2) is 0 Å². The predicted molar refractivity (Wildman–Crippen MR) is 68.6 cm³/mol. The van der Waals surface area contributed by atoms with E-state index >= 15 is 0 Å². The topological polar surface area (TPSA) is 104 Å². The third kappa shape index (κ3) is 4.84. The monoisotopic (exact) mass is 251 g/mol. The van der Waals surface area contributed by atoms with Gasteiger partial charge in [0.1, 0.15) is 6.54 Å². The van der Waals surface area contributed by atoms with Crippen molar-refractivity contribution >= 4 is 17.6 Å². The molecule has 1 aromatic rings. The van der Waals surface area contributed by atoms with Crippen molar-refractivity contribution in [2.45, 2.75) is 6.42 Å². The molecule has 6 heteroatoms. The molecule has 6 nitrogen and oxygen atoms in total. The Morgan fingerprint density at radius 1 is 1.22 bits per heavy atom. The average Bonchev–Trinajstić information content (AvgIpc) is 2.37. The van der Waals surface area contributed by atoms with E-state index in [1.807, 2.05) is 0 Å². The van der Waals surface area contributed by atoms with Gasteiger partial charge in [0, 0.05) is 17.8 Å². The van der Waals surface area contributed by atoms with E-state index in [1.54, 1.807) is 24.3 Å². The molecule has 0 radical (unpaired) electrons. The van der Waals surface area contributed by atoms with Crippen LogP contribution in [0.3, 0.4) is 0 Å². The number of anilines is 1. The summed E-state index contributed by atoms with van der Waals surface area (Å²) in [6.07, 6.45) is 0.876. The van der Waals surface area contributed by atoms with Gasteiger partial charge in [-0.3, -0.25) is 9.59 Å². The first-order valence-corrected chi connectivity index (χ1v) is 5.67. The summed E-state index contributed by atoms with van der Waals surface area (Å²) in [4.78, 5) is 21.8. The van der Waals surface area contributed by atoms with Crippen LogP contribution in [-0.4, -0.2) is 36.6 Å². The molecule has 0 saturated carbocycles. The van der Waals surface area contributed by atoms with Crippen molar-refractivity contribution in [2.75, 3.05) is 25.0 Å². The largest absolute Gasteiger partial charge is 0.480 e. The van der Waals surface area contributed by atoms with Gasteiger partial charge in [-0.1, -0.05) is 0 Å². The molecule has 5 N–H and O–H groups in total. The van der Waals surface area contributed by atoms with Gasteiger partial charge in [0.05, 0.1) is 0 Å². The molecule has 0 unspecified atom stereocenters. The number of aliphatic carboxylic acids is 1. The maximum atomic E-state index is 11.5. The summed E-state index contributed by atoms with van der Waals surface area (Å²) in [6.45, 7) is 1.03. The third-order valence-electron chi connectivity index (χ3n) is 2.26. The van der Waals surface area contributed by atoms with E-state index in [-0.39, 0.29) is 6.54 Å². The number of hydrogen-bond acceptors (Lipinski definition) is 4. The maximum absolute atomic E-state index is 11.5. The summed E-state index contributed by atoms with van der Waals surface area (Å²) in [5.74, 6) is -1.46. The molecule has 0 saturated heterocycles.